The number of ether oxygens (including phenoxy) is 1. The summed E-state index contributed by atoms with van der Waals surface area (Å²) in [4.78, 5) is 0. The van der Waals surface area contributed by atoms with Crippen molar-refractivity contribution in [2.75, 3.05) is 32.5 Å². The van der Waals surface area contributed by atoms with Crippen molar-refractivity contribution in [3.8, 4) is 0 Å². The number of sulfonamides is 1. The molecule has 0 aromatic carbocycles. The van der Waals surface area contributed by atoms with Crippen molar-refractivity contribution >= 4 is 10.0 Å². The molecule has 108 valence electrons. The molecule has 1 rings (SSSR count). The van der Waals surface area contributed by atoms with Crippen molar-refractivity contribution in [2.45, 2.75) is 38.7 Å². The fourth-order valence-electron chi connectivity index (χ4n) is 2.09. The molecule has 0 radical (unpaired) electrons. The number of nitrogens with two attached hydrogens (primary N) is 1. The molecule has 1 fully saturated rings. The first-order valence-electron chi connectivity index (χ1n) is 6.60. The third-order valence-corrected chi connectivity index (χ3v) is 5.07. The Bertz CT molecular complexity index is 352. The van der Waals surface area contributed by atoms with Crippen LogP contribution in [0.15, 0.2) is 0 Å². The van der Waals surface area contributed by atoms with E-state index in [4.69, 9.17) is 10.5 Å². The summed E-state index contributed by atoms with van der Waals surface area (Å²) in [5.41, 5.74) is 5.41. The third kappa shape index (κ3) is 4.50. The first-order chi connectivity index (χ1) is 8.30. The summed E-state index contributed by atoms with van der Waals surface area (Å²) in [6.07, 6.45) is 4.07. The summed E-state index contributed by atoms with van der Waals surface area (Å²) in [5, 5.41) is 0. The summed E-state index contributed by atoms with van der Waals surface area (Å²) in [6, 6.07) is 0. The number of piperidine rings is 1. The van der Waals surface area contributed by atoms with E-state index in [0.717, 1.165) is 19.3 Å². The van der Waals surface area contributed by atoms with Gasteiger partial charge < -0.3 is 10.5 Å². The molecule has 0 aliphatic carbocycles. The van der Waals surface area contributed by atoms with Crippen LogP contribution in [-0.4, -0.2) is 50.8 Å². The van der Waals surface area contributed by atoms with Crippen molar-refractivity contribution < 1.29 is 13.2 Å². The highest BCUT2D eigenvalue weighted by Gasteiger charge is 2.28. The maximum atomic E-state index is 11.5. The lowest BCUT2D eigenvalue weighted by Gasteiger charge is -2.34. The SMILES string of the molecule is CCC(C)(CN)OCC1CCCN(S(C)(=O)=O)C1. The van der Waals surface area contributed by atoms with E-state index in [1.807, 2.05) is 6.92 Å². The van der Waals surface area contributed by atoms with Gasteiger partial charge in [0.25, 0.3) is 0 Å². The van der Waals surface area contributed by atoms with E-state index < -0.39 is 10.0 Å². The Labute approximate surface area is 111 Å². The normalized spacial score (nSPS) is 25.9. The van der Waals surface area contributed by atoms with Gasteiger partial charge in [0.15, 0.2) is 0 Å². The Morgan fingerprint density at radius 1 is 1.50 bits per heavy atom. The average molecular weight is 278 g/mol. The number of hydrogen-bond donors (Lipinski definition) is 1. The largest absolute Gasteiger partial charge is 0.374 e. The topological polar surface area (TPSA) is 72.6 Å². The molecule has 2 N–H and O–H groups in total. The molecule has 2 unspecified atom stereocenters. The lowest BCUT2D eigenvalue weighted by molar-refractivity contribution is -0.0502. The summed E-state index contributed by atoms with van der Waals surface area (Å²) in [6.45, 7) is 6.35. The van der Waals surface area contributed by atoms with Gasteiger partial charge in [-0.2, -0.15) is 0 Å². The second-order valence-electron chi connectivity index (χ2n) is 5.45. The van der Waals surface area contributed by atoms with Gasteiger partial charge in [-0.3, -0.25) is 0 Å². The molecule has 6 heteroatoms. The summed E-state index contributed by atoms with van der Waals surface area (Å²) >= 11 is 0. The summed E-state index contributed by atoms with van der Waals surface area (Å²) in [5.74, 6) is 0.283. The molecule has 5 nitrogen and oxygen atoms in total. The van der Waals surface area contributed by atoms with Gasteiger partial charge in [-0.15, -0.1) is 0 Å². The Morgan fingerprint density at radius 2 is 2.17 bits per heavy atom. The second kappa shape index (κ2) is 6.32. The fraction of sp³-hybridized carbons (Fsp3) is 1.00. The van der Waals surface area contributed by atoms with Gasteiger partial charge in [0.2, 0.25) is 10.0 Å². The van der Waals surface area contributed by atoms with E-state index in [2.05, 4.69) is 6.92 Å². The minimum Gasteiger partial charge on any atom is -0.374 e. The Morgan fingerprint density at radius 3 is 2.67 bits per heavy atom. The molecule has 1 heterocycles. The van der Waals surface area contributed by atoms with Gasteiger partial charge in [0.05, 0.1) is 18.5 Å². The molecule has 0 bridgehead atoms. The van der Waals surface area contributed by atoms with Crippen LogP contribution in [0.2, 0.25) is 0 Å². The molecule has 1 aliphatic heterocycles. The zero-order chi connectivity index (χ0) is 13.8. The third-order valence-electron chi connectivity index (χ3n) is 3.80. The highest BCUT2D eigenvalue weighted by atomic mass is 32.2. The van der Waals surface area contributed by atoms with Crippen LogP contribution < -0.4 is 5.73 Å². The van der Waals surface area contributed by atoms with Crippen molar-refractivity contribution in [1.82, 2.24) is 4.31 Å². The molecule has 18 heavy (non-hydrogen) atoms. The van der Waals surface area contributed by atoms with Crippen LogP contribution in [0.5, 0.6) is 0 Å². The molecular weight excluding hydrogens is 252 g/mol. The van der Waals surface area contributed by atoms with Gasteiger partial charge >= 0.3 is 0 Å². The molecule has 0 aromatic heterocycles. The lowest BCUT2D eigenvalue weighted by Crippen LogP contribution is -2.43. The molecule has 1 saturated heterocycles. The predicted molar refractivity (Wildman–Crippen MR) is 72.8 cm³/mol. The number of hydrogen-bond acceptors (Lipinski definition) is 4. The Hall–Kier alpha value is -0.170. The zero-order valence-corrected chi connectivity index (χ0v) is 12.5. The van der Waals surface area contributed by atoms with Gasteiger partial charge in [0, 0.05) is 19.6 Å². The minimum absolute atomic E-state index is 0.283. The standard InChI is InChI=1S/C12H26N2O3S/c1-4-12(2,10-13)17-9-11-6-5-7-14(8-11)18(3,15)16/h11H,4-10,13H2,1-3H3. The minimum atomic E-state index is -3.07. The first kappa shape index (κ1) is 15.9. The maximum Gasteiger partial charge on any atom is 0.211 e. The van der Waals surface area contributed by atoms with Crippen LogP contribution in [0.4, 0.5) is 0 Å². The second-order valence-corrected chi connectivity index (χ2v) is 7.43. The van der Waals surface area contributed by atoms with Crippen LogP contribution >= 0.6 is 0 Å². The van der Waals surface area contributed by atoms with E-state index in [0.29, 0.717) is 26.2 Å². The van der Waals surface area contributed by atoms with Gasteiger partial charge in [0.1, 0.15) is 0 Å². The van der Waals surface area contributed by atoms with Crippen molar-refractivity contribution in [3.05, 3.63) is 0 Å². The van der Waals surface area contributed by atoms with Gasteiger partial charge in [-0.25, -0.2) is 12.7 Å². The smallest absolute Gasteiger partial charge is 0.211 e. The summed E-state index contributed by atoms with van der Waals surface area (Å²) < 4.78 is 30.5. The van der Waals surface area contributed by atoms with Crippen LogP contribution in [0.1, 0.15) is 33.1 Å². The molecule has 0 amide bonds. The first-order valence-corrected chi connectivity index (χ1v) is 8.44. The van der Waals surface area contributed by atoms with Crippen LogP contribution in [0, 0.1) is 5.92 Å². The molecule has 1 aliphatic rings. The van der Waals surface area contributed by atoms with Crippen molar-refractivity contribution in [1.29, 1.82) is 0 Å². The molecule has 0 aromatic rings. The molecular formula is C12H26N2O3S. The van der Waals surface area contributed by atoms with E-state index in [1.54, 1.807) is 4.31 Å². The fourth-order valence-corrected chi connectivity index (χ4v) is 3.03. The molecule has 0 saturated carbocycles. The zero-order valence-electron chi connectivity index (χ0n) is 11.7. The van der Waals surface area contributed by atoms with Gasteiger partial charge in [-0.05, 0) is 32.1 Å². The van der Waals surface area contributed by atoms with E-state index >= 15 is 0 Å². The number of nitrogens with zero attached hydrogens (tertiary/aromatic N) is 1. The van der Waals surface area contributed by atoms with Crippen LogP contribution in [0.3, 0.4) is 0 Å². The molecule has 0 spiro atoms. The monoisotopic (exact) mass is 278 g/mol. The average Bonchev–Trinajstić information content (AvgIpc) is 2.35. The highest BCUT2D eigenvalue weighted by Crippen LogP contribution is 2.22. The van der Waals surface area contributed by atoms with Gasteiger partial charge in [-0.1, -0.05) is 6.92 Å². The lowest BCUT2D eigenvalue weighted by atomic mass is 9.99. The van der Waals surface area contributed by atoms with Crippen molar-refractivity contribution in [2.24, 2.45) is 11.7 Å². The Kier molecular flexibility index (Phi) is 5.58. The van der Waals surface area contributed by atoms with E-state index in [-0.39, 0.29) is 11.5 Å². The quantitative estimate of drug-likeness (QED) is 0.780. The van der Waals surface area contributed by atoms with E-state index in [1.165, 1.54) is 6.26 Å². The highest BCUT2D eigenvalue weighted by molar-refractivity contribution is 7.88. The van der Waals surface area contributed by atoms with E-state index in [9.17, 15) is 8.42 Å². The van der Waals surface area contributed by atoms with Crippen LogP contribution in [0.25, 0.3) is 0 Å². The van der Waals surface area contributed by atoms with Crippen molar-refractivity contribution in [3.63, 3.8) is 0 Å². The molecule has 2 atom stereocenters. The number of rotatable bonds is 6. The van der Waals surface area contributed by atoms with Crippen LogP contribution in [-0.2, 0) is 14.8 Å². The Balaban J connectivity index is 2.49. The summed E-state index contributed by atoms with van der Waals surface area (Å²) in [7, 11) is -3.07. The predicted octanol–water partition coefficient (Wildman–Crippen LogP) is 0.802. The maximum absolute atomic E-state index is 11.5.